The molecule has 1 atom stereocenters. The van der Waals surface area contributed by atoms with Crippen LogP contribution in [0.1, 0.15) is 54.9 Å². The molecule has 1 N–H and O–H groups in total. The number of aryl methyl sites for hydroxylation is 1. The second kappa shape index (κ2) is 9.37. The molecule has 0 aliphatic carbocycles. The fraction of sp³-hybridized carbons (Fsp3) is 0.375. The molecule has 0 saturated carbocycles. The van der Waals surface area contributed by atoms with E-state index in [-0.39, 0.29) is 5.75 Å². The van der Waals surface area contributed by atoms with Gasteiger partial charge < -0.3 is 9.84 Å². The number of unbranched alkanes of at least 4 members (excludes halogenated alkanes) is 3. The van der Waals surface area contributed by atoms with Crippen molar-refractivity contribution in [2.45, 2.75) is 57.7 Å². The Morgan fingerprint density at radius 2 is 1.80 bits per heavy atom. The molecular formula is C24H25F3O3. The summed E-state index contributed by atoms with van der Waals surface area (Å²) in [5.74, 6) is -1.55. The fourth-order valence-corrected chi connectivity index (χ4v) is 3.71. The summed E-state index contributed by atoms with van der Waals surface area (Å²) in [6, 6.07) is 13.1. The zero-order valence-corrected chi connectivity index (χ0v) is 16.8. The molecule has 1 aliphatic rings. The van der Waals surface area contributed by atoms with E-state index in [0.717, 1.165) is 54.9 Å². The Morgan fingerprint density at radius 3 is 2.43 bits per heavy atom. The molecule has 0 fully saturated rings. The number of carboxylic acids is 1. The van der Waals surface area contributed by atoms with Crippen molar-refractivity contribution in [2.75, 3.05) is 0 Å². The maximum atomic E-state index is 13.4. The number of hydrogen-bond donors (Lipinski definition) is 1. The van der Waals surface area contributed by atoms with Gasteiger partial charge in [0.15, 0.2) is 0 Å². The van der Waals surface area contributed by atoms with Gasteiger partial charge in [-0.05, 0) is 54.2 Å². The van der Waals surface area contributed by atoms with Crippen LogP contribution >= 0.6 is 0 Å². The molecule has 3 rings (SSSR count). The van der Waals surface area contributed by atoms with Crippen molar-refractivity contribution in [3.63, 3.8) is 0 Å². The topological polar surface area (TPSA) is 46.5 Å². The van der Waals surface area contributed by atoms with E-state index in [9.17, 15) is 23.1 Å². The summed E-state index contributed by atoms with van der Waals surface area (Å²) >= 11 is 0. The van der Waals surface area contributed by atoms with Crippen LogP contribution in [0.4, 0.5) is 13.2 Å². The van der Waals surface area contributed by atoms with Gasteiger partial charge in [-0.25, -0.2) is 4.79 Å². The largest absolute Gasteiger partial charge is 0.478 e. The van der Waals surface area contributed by atoms with E-state index >= 15 is 0 Å². The van der Waals surface area contributed by atoms with Crippen molar-refractivity contribution in [3.8, 4) is 5.75 Å². The molecule has 2 aromatic carbocycles. The number of carboxylic acid groups (broad SMARTS) is 1. The van der Waals surface area contributed by atoms with Gasteiger partial charge in [0.05, 0.1) is 5.57 Å². The third kappa shape index (κ3) is 5.23. The minimum atomic E-state index is -4.81. The van der Waals surface area contributed by atoms with Crippen LogP contribution in [-0.2, 0) is 17.6 Å². The number of rotatable bonds is 8. The van der Waals surface area contributed by atoms with E-state index in [1.54, 1.807) is 12.1 Å². The molecule has 0 radical (unpaired) electrons. The van der Waals surface area contributed by atoms with Crippen molar-refractivity contribution in [3.05, 3.63) is 70.3 Å². The molecule has 6 heteroatoms. The summed E-state index contributed by atoms with van der Waals surface area (Å²) < 4.78 is 45.3. The standard InChI is InChI=1S/C24H25F3O3/c1-2-3-4-8-11-17-13-19-14-20(23(28)29)22(24(25,26)27)30-21(19)15-18(17)12-16-9-6-5-7-10-16/h5-7,9-10,13-15,22H,2-4,8,11-12H2,1H3,(H,28,29). The maximum Gasteiger partial charge on any atom is 0.430 e. The van der Waals surface area contributed by atoms with Crippen LogP contribution in [0.25, 0.3) is 6.08 Å². The highest BCUT2D eigenvalue weighted by Gasteiger charge is 2.48. The molecule has 0 amide bonds. The fourth-order valence-electron chi connectivity index (χ4n) is 3.71. The van der Waals surface area contributed by atoms with Crippen LogP contribution in [0.3, 0.4) is 0 Å². The van der Waals surface area contributed by atoms with Crippen LogP contribution in [0.2, 0.25) is 0 Å². The third-order valence-corrected chi connectivity index (χ3v) is 5.25. The number of benzene rings is 2. The van der Waals surface area contributed by atoms with E-state index in [1.807, 2.05) is 30.3 Å². The molecule has 0 spiro atoms. The van der Waals surface area contributed by atoms with Crippen molar-refractivity contribution in [2.24, 2.45) is 0 Å². The second-order valence-electron chi connectivity index (χ2n) is 7.58. The molecule has 3 nitrogen and oxygen atoms in total. The highest BCUT2D eigenvalue weighted by Crippen LogP contribution is 2.39. The predicted molar refractivity (Wildman–Crippen MR) is 110 cm³/mol. The summed E-state index contributed by atoms with van der Waals surface area (Å²) in [6.45, 7) is 2.13. The first-order valence-electron chi connectivity index (χ1n) is 10.2. The number of carbonyl (C=O) groups is 1. The van der Waals surface area contributed by atoms with Crippen LogP contribution in [-0.4, -0.2) is 23.4 Å². The van der Waals surface area contributed by atoms with Gasteiger partial charge >= 0.3 is 12.1 Å². The summed E-state index contributed by atoms with van der Waals surface area (Å²) in [5, 5.41) is 9.27. The molecule has 0 bridgehead atoms. The molecular weight excluding hydrogens is 393 g/mol. The number of hydrogen-bond acceptors (Lipinski definition) is 2. The minimum Gasteiger partial charge on any atom is -0.478 e. The number of aliphatic carboxylic acids is 1. The summed E-state index contributed by atoms with van der Waals surface area (Å²) in [4.78, 5) is 11.4. The van der Waals surface area contributed by atoms with Gasteiger partial charge in [-0.15, -0.1) is 0 Å². The van der Waals surface area contributed by atoms with E-state index in [4.69, 9.17) is 4.74 Å². The average Bonchev–Trinajstić information content (AvgIpc) is 2.70. The lowest BCUT2D eigenvalue weighted by Crippen LogP contribution is -2.40. The Labute approximate surface area is 174 Å². The number of alkyl halides is 3. The second-order valence-corrected chi connectivity index (χ2v) is 7.58. The van der Waals surface area contributed by atoms with Crippen LogP contribution in [0, 0.1) is 0 Å². The molecule has 2 aromatic rings. The van der Waals surface area contributed by atoms with Crippen molar-refractivity contribution in [1.29, 1.82) is 0 Å². The van der Waals surface area contributed by atoms with Gasteiger partial charge in [0.1, 0.15) is 5.75 Å². The SMILES string of the molecule is CCCCCCc1cc2c(cc1Cc1ccccc1)OC(C(F)(F)F)C(C(=O)O)=C2. The van der Waals surface area contributed by atoms with E-state index in [0.29, 0.717) is 12.0 Å². The zero-order chi connectivity index (χ0) is 21.7. The first-order chi connectivity index (χ1) is 14.3. The third-order valence-electron chi connectivity index (χ3n) is 5.25. The van der Waals surface area contributed by atoms with E-state index in [2.05, 4.69) is 6.92 Å². The van der Waals surface area contributed by atoms with Gasteiger partial charge in [0.2, 0.25) is 6.10 Å². The minimum absolute atomic E-state index is 0.0746. The van der Waals surface area contributed by atoms with Gasteiger partial charge in [0, 0.05) is 5.56 Å². The smallest absolute Gasteiger partial charge is 0.430 e. The van der Waals surface area contributed by atoms with E-state index < -0.39 is 23.8 Å². The van der Waals surface area contributed by atoms with Crippen LogP contribution in [0.5, 0.6) is 5.75 Å². The number of fused-ring (bicyclic) bond motifs is 1. The van der Waals surface area contributed by atoms with Crippen LogP contribution in [0.15, 0.2) is 48.0 Å². The molecule has 30 heavy (non-hydrogen) atoms. The molecule has 1 heterocycles. The lowest BCUT2D eigenvalue weighted by molar-refractivity contribution is -0.187. The first-order valence-corrected chi connectivity index (χ1v) is 10.2. The summed E-state index contributed by atoms with van der Waals surface area (Å²) in [5.41, 5.74) is 2.57. The highest BCUT2D eigenvalue weighted by molar-refractivity contribution is 5.95. The Bertz CT molecular complexity index is 917. The Hall–Kier alpha value is -2.76. The normalized spacial score (nSPS) is 15.9. The van der Waals surface area contributed by atoms with Gasteiger partial charge in [0.25, 0.3) is 0 Å². The van der Waals surface area contributed by atoms with Crippen LogP contribution < -0.4 is 4.74 Å². The zero-order valence-electron chi connectivity index (χ0n) is 16.8. The summed E-state index contributed by atoms with van der Waals surface area (Å²) in [6.07, 6.45) is -0.543. The predicted octanol–water partition coefficient (Wildman–Crippen LogP) is 6.19. The molecule has 0 saturated heterocycles. The van der Waals surface area contributed by atoms with Crippen molar-refractivity contribution >= 4 is 12.0 Å². The van der Waals surface area contributed by atoms with Gasteiger partial charge in [-0.1, -0.05) is 56.5 Å². The average molecular weight is 418 g/mol. The molecule has 0 aromatic heterocycles. The Kier molecular flexibility index (Phi) is 6.85. The Balaban J connectivity index is 2.00. The quantitative estimate of drug-likeness (QED) is 0.520. The monoisotopic (exact) mass is 418 g/mol. The van der Waals surface area contributed by atoms with Gasteiger partial charge in [-0.2, -0.15) is 13.2 Å². The highest BCUT2D eigenvalue weighted by atomic mass is 19.4. The summed E-state index contributed by atoms with van der Waals surface area (Å²) in [7, 11) is 0. The van der Waals surface area contributed by atoms with Crippen molar-refractivity contribution in [1.82, 2.24) is 0 Å². The molecule has 1 unspecified atom stereocenters. The maximum absolute atomic E-state index is 13.4. The first kappa shape index (κ1) is 21.9. The lowest BCUT2D eigenvalue weighted by Gasteiger charge is -2.28. The lowest BCUT2D eigenvalue weighted by atomic mass is 9.91. The molecule has 1 aliphatic heterocycles. The Morgan fingerprint density at radius 1 is 1.07 bits per heavy atom. The van der Waals surface area contributed by atoms with Gasteiger partial charge in [-0.3, -0.25) is 0 Å². The van der Waals surface area contributed by atoms with E-state index in [1.165, 1.54) is 0 Å². The van der Waals surface area contributed by atoms with Crippen molar-refractivity contribution < 1.29 is 27.8 Å². The number of halogens is 3. The number of ether oxygens (including phenoxy) is 1. The molecule has 160 valence electrons.